The standard InChI is InChI=1S/C44H36N2O2/c1-29-5-13-33(14-6-29)45(35-17-21-37(47-3)22-18-35)41-27-11-31-10-26-40-42(28-12-32-9-25-39(41)43(31)44(32)40)46(34-15-7-30(2)8-16-34)36-19-23-38(48-4)24-20-36/h5-28H,1-4H3. The van der Waals surface area contributed by atoms with E-state index in [2.05, 4.69) is 145 Å². The lowest BCUT2D eigenvalue weighted by Crippen LogP contribution is -2.11. The Balaban J connectivity index is 1.38. The molecule has 0 amide bonds. The van der Waals surface area contributed by atoms with Crippen molar-refractivity contribution in [1.29, 1.82) is 0 Å². The highest BCUT2D eigenvalue weighted by Crippen LogP contribution is 2.47. The minimum absolute atomic E-state index is 0.834. The number of hydrogen-bond donors (Lipinski definition) is 0. The van der Waals surface area contributed by atoms with E-state index in [9.17, 15) is 0 Å². The van der Waals surface area contributed by atoms with E-state index in [-0.39, 0.29) is 0 Å². The number of rotatable bonds is 8. The van der Waals surface area contributed by atoms with Crippen LogP contribution in [0.4, 0.5) is 34.1 Å². The highest BCUT2D eigenvalue weighted by Gasteiger charge is 2.21. The van der Waals surface area contributed by atoms with Crippen molar-refractivity contribution < 1.29 is 9.47 Å². The number of aryl methyl sites for hydroxylation is 2. The Hall–Kier alpha value is -6.00. The maximum Gasteiger partial charge on any atom is 0.119 e. The van der Waals surface area contributed by atoms with Crippen molar-refractivity contribution in [3.63, 3.8) is 0 Å². The normalized spacial score (nSPS) is 11.3. The quantitative estimate of drug-likeness (QED) is 0.157. The lowest BCUT2D eigenvalue weighted by Gasteiger charge is -2.29. The van der Waals surface area contributed by atoms with Gasteiger partial charge in [-0.1, -0.05) is 71.8 Å². The van der Waals surface area contributed by atoms with Gasteiger partial charge in [0, 0.05) is 33.5 Å². The van der Waals surface area contributed by atoms with Crippen LogP contribution in [0.3, 0.4) is 0 Å². The number of hydrogen-bond acceptors (Lipinski definition) is 4. The molecule has 0 saturated heterocycles. The van der Waals surface area contributed by atoms with Crippen LogP contribution in [0.1, 0.15) is 11.1 Å². The molecule has 0 bridgehead atoms. The minimum Gasteiger partial charge on any atom is -0.497 e. The highest BCUT2D eigenvalue weighted by molar-refractivity contribution is 6.28. The van der Waals surface area contributed by atoms with Crippen LogP contribution >= 0.6 is 0 Å². The molecule has 0 aliphatic rings. The summed E-state index contributed by atoms with van der Waals surface area (Å²) in [5.74, 6) is 1.67. The molecule has 0 unspecified atom stereocenters. The van der Waals surface area contributed by atoms with Crippen LogP contribution < -0.4 is 19.3 Å². The summed E-state index contributed by atoms with van der Waals surface area (Å²) in [5.41, 5.74) is 9.06. The molecule has 0 aromatic heterocycles. The Morgan fingerprint density at radius 3 is 1.00 bits per heavy atom. The number of benzene rings is 8. The molecule has 4 heteroatoms. The molecule has 234 valence electrons. The predicted molar refractivity (Wildman–Crippen MR) is 202 cm³/mol. The number of nitrogens with zero attached hydrogens (tertiary/aromatic N) is 2. The van der Waals surface area contributed by atoms with Crippen molar-refractivity contribution in [2.75, 3.05) is 24.0 Å². The zero-order valence-corrected chi connectivity index (χ0v) is 27.6. The summed E-state index contributed by atoms with van der Waals surface area (Å²) < 4.78 is 11.0. The zero-order chi connectivity index (χ0) is 32.8. The first-order chi connectivity index (χ1) is 23.5. The van der Waals surface area contributed by atoms with E-state index in [4.69, 9.17) is 9.47 Å². The van der Waals surface area contributed by atoms with Crippen molar-refractivity contribution in [3.05, 3.63) is 157 Å². The van der Waals surface area contributed by atoms with Gasteiger partial charge in [0.05, 0.1) is 25.6 Å². The monoisotopic (exact) mass is 624 g/mol. The molecule has 0 spiro atoms. The molecule has 4 nitrogen and oxygen atoms in total. The number of methoxy groups -OCH3 is 2. The Morgan fingerprint density at radius 2 is 0.667 bits per heavy atom. The van der Waals surface area contributed by atoms with Crippen molar-refractivity contribution in [2.24, 2.45) is 0 Å². The first-order valence-electron chi connectivity index (χ1n) is 16.2. The summed E-state index contributed by atoms with van der Waals surface area (Å²) in [6.45, 7) is 4.25. The third-order valence-electron chi connectivity index (χ3n) is 9.35. The van der Waals surface area contributed by atoms with E-state index in [0.29, 0.717) is 0 Å². The van der Waals surface area contributed by atoms with Crippen molar-refractivity contribution >= 4 is 66.4 Å². The Morgan fingerprint density at radius 1 is 0.354 bits per heavy atom. The topological polar surface area (TPSA) is 24.9 Å². The molecule has 0 saturated carbocycles. The van der Waals surface area contributed by atoms with Gasteiger partial charge in [-0.3, -0.25) is 0 Å². The summed E-state index contributed by atoms with van der Waals surface area (Å²) in [5, 5.41) is 7.35. The molecular formula is C44H36N2O2. The van der Waals surface area contributed by atoms with Crippen molar-refractivity contribution in [1.82, 2.24) is 0 Å². The van der Waals surface area contributed by atoms with E-state index < -0.39 is 0 Å². The Bertz CT molecular complexity index is 2190. The van der Waals surface area contributed by atoms with Gasteiger partial charge in [-0.25, -0.2) is 0 Å². The Kier molecular flexibility index (Phi) is 7.34. The van der Waals surface area contributed by atoms with Crippen LogP contribution in [0.25, 0.3) is 32.3 Å². The lowest BCUT2D eigenvalue weighted by molar-refractivity contribution is 0.414. The molecule has 0 aliphatic carbocycles. The molecule has 8 aromatic rings. The fraction of sp³-hybridized carbons (Fsp3) is 0.0909. The maximum atomic E-state index is 5.51. The van der Waals surface area contributed by atoms with Crippen LogP contribution in [-0.4, -0.2) is 14.2 Å². The van der Waals surface area contributed by atoms with E-state index in [1.807, 2.05) is 24.3 Å². The molecule has 0 aliphatic heterocycles. The van der Waals surface area contributed by atoms with Gasteiger partial charge in [0.2, 0.25) is 0 Å². The summed E-state index contributed by atoms with van der Waals surface area (Å²) >= 11 is 0. The van der Waals surface area contributed by atoms with Crippen molar-refractivity contribution in [2.45, 2.75) is 13.8 Å². The molecule has 8 rings (SSSR count). The molecule has 0 heterocycles. The summed E-state index contributed by atoms with van der Waals surface area (Å²) in [6, 6.07) is 52.2. The summed E-state index contributed by atoms with van der Waals surface area (Å²) in [6.07, 6.45) is 0. The van der Waals surface area contributed by atoms with Gasteiger partial charge in [0.1, 0.15) is 11.5 Å². The summed E-state index contributed by atoms with van der Waals surface area (Å²) in [7, 11) is 3.41. The largest absolute Gasteiger partial charge is 0.497 e. The van der Waals surface area contributed by atoms with E-state index in [1.54, 1.807) is 14.2 Å². The van der Waals surface area contributed by atoms with Crippen molar-refractivity contribution in [3.8, 4) is 11.5 Å². The third kappa shape index (κ3) is 5.03. The second kappa shape index (κ2) is 12.0. The Labute approximate surface area is 281 Å². The van der Waals surface area contributed by atoms with Crippen LogP contribution in [0.2, 0.25) is 0 Å². The SMILES string of the molecule is COc1ccc(N(c2ccc(C)cc2)c2ccc3ccc4c(N(c5ccc(C)cc5)c5ccc(OC)cc5)ccc5ccc2c3c54)cc1. The minimum atomic E-state index is 0.834. The second-order valence-electron chi connectivity index (χ2n) is 12.3. The fourth-order valence-corrected chi connectivity index (χ4v) is 6.86. The lowest BCUT2D eigenvalue weighted by atomic mass is 9.91. The predicted octanol–water partition coefficient (Wildman–Crippen LogP) is 12.2. The zero-order valence-electron chi connectivity index (χ0n) is 27.6. The molecule has 0 N–H and O–H groups in total. The van der Waals surface area contributed by atoms with Gasteiger partial charge in [-0.15, -0.1) is 0 Å². The van der Waals surface area contributed by atoms with Crippen LogP contribution in [0.5, 0.6) is 11.5 Å². The fourth-order valence-electron chi connectivity index (χ4n) is 6.86. The maximum absolute atomic E-state index is 5.51. The van der Waals surface area contributed by atoms with E-state index in [1.165, 1.54) is 43.4 Å². The van der Waals surface area contributed by atoms with Gasteiger partial charge in [-0.05, 0) is 120 Å². The molecule has 0 fully saturated rings. The van der Waals surface area contributed by atoms with Crippen LogP contribution in [0, 0.1) is 13.8 Å². The number of ether oxygens (including phenoxy) is 2. The average Bonchev–Trinajstić information content (AvgIpc) is 3.14. The first kappa shape index (κ1) is 29.4. The first-order valence-corrected chi connectivity index (χ1v) is 16.2. The third-order valence-corrected chi connectivity index (χ3v) is 9.35. The highest BCUT2D eigenvalue weighted by atomic mass is 16.5. The molecule has 0 radical (unpaired) electrons. The average molecular weight is 625 g/mol. The van der Waals surface area contributed by atoms with Gasteiger partial charge >= 0.3 is 0 Å². The molecular weight excluding hydrogens is 588 g/mol. The van der Waals surface area contributed by atoms with Gasteiger partial charge in [-0.2, -0.15) is 0 Å². The number of anilines is 6. The second-order valence-corrected chi connectivity index (χ2v) is 12.3. The van der Waals surface area contributed by atoms with E-state index in [0.717, 1.165) is 45.6 Å². The van der Waals surface area contributed by atoms with Gasteiger partial charge in [0.25, 0.3) is 0 Å². The van der Waals surface area contributed by atoms with Crippen LogP contribution in [0.15, 0.2) is 146 Å². The van der Waals surface area contributed by atoms with Gasteiger partial charge in [0.15, 0.2) is 0 Å². The molecule has 0 atom stereocenters. The molecule has 8 aromatic carbocycles. The van der Waals surface area contributed by atoms with Crippen LogP contribution in [-0.2, 0) is 0 Å². The summed E-state index contributed by atoms with van der Waals surface area (Å²) in [4.78, 5) is 4.70. The smallest absolute Gasteiger partial charge is 0.119 e. The molecule has 48 heavy (non-hydrogen) atoms. The van der Waals surface area contributed by atoms with Gasteiger partial charge < -0.3 is 19.3 Å². The van der Waals surface area contributed by atoms with E-state index >= 15 is 0 Å².